The van der Waals surface area contributed by atoms with Gasteiger partial charge in [0.2, 0.25) is 0 Å². The topological polar surface area (TPSA) is 92.4 Å². The Morgan fingerprint density at radius 1 is 1.04 bits per heavy atom. The molecule has 6 nitrogen and oxygen atoms in total. The first-order valence-electron chi connectivity index (χ1n) is 7.05. The summed E-state index contributed by atoms with van der Waals surface area (Å²) in [7, 11) is 0. The van der Waals surface area contributed by atoms with E-state index >= 15 is 0 Å². The lowest BCUT2D eigenvalue weighted by Gasteiger charge is -2.06. The van der Waals surface area contributed by atoms with Gasteiger partial charge in [-0.2, -0.15) is 5.10 Å². The normalized spacial score (nSPS) is 9.44. The Hall–Kier alpha value is -1.94. The molecule has 0 atom stereocenters. The maximum atomic E-state index is 9.53. The van der Waals surface area contributed by atoms with Gasteiger partial charge in [-0.3, -0.25) is 0 Å². The number of aromatic nitrogens is 2. The molecular formula is C17H16BrIN2O4. The molecule has 0 unspecified atom stereocenters. The number of hydrogen-bond donors (Lipinski definition) is 2. The monoisotopic (exact) mass is 518 g/mol. The highest BCUT2D eigenvalue weighted by molar-refractivity contribution is 14.1. The summed E-state index contributed by atoms with van der Waals surface area (Å²) in [6.45, 7) is 2.89. The molecule has 0 saturated heterocycles. The molecule has 0 radical (unpaired) electrons. The number of fused-ring (bicyclic) bond motifs is 1. The molecule has 0 aliphatic carbocycles. The number of halogens is 2. The maximum absolute atomic E-state index is 9.53. The molecule has 2 aromatic carbocycles. The summed E-state index contributed by atoms with van der Waals surface area (Å²) in [5, 5.41) is 24.3. The van der Waals surface area contributed by atoms with E-state index in [0.717, 1.165) is 37.3 Å². The van der Waals surface area contributed by atoms with Crippen LogP contribution in [0.1, 0.15) is 13.8 Å². The van der Waals surface area contributed by atoms with E-state index in [-0.39, 0.29) is 11.5 Å². The van der Waals surface area contributed by atoms with Crippen molar-refractivity contribution in [1.29, 1.82) is 0 Å². The van der Waals surface area contributed by atoms with Crippen LogP contribution in [0.15, 0.2) is 41.0 Å². The number of nitrogens with zero attached hydrogens (tertiary/aromatic N) is 2. The summed E-state index contributed by atoms with van der Waals surface area (Å²) >= 11 is 5.65. The predicted molar refractivity (Wildman–Crippen MR) is 108 cm³/mol. The van der Waals surface area contributed by atoms with Crippen LogP contribution in [0.25, 0.3) is 16.6 Å². The SMILES string of the molecule is CC=O.CC=O.Oc1ccc(-n2nc3ccc(O)cc3c2Br)c(I)c1. The number of phenolic OH excluding ortho intramolecular Hbond substituents is 2. The Labute approximate surface area is 166 Å². The van der Waals surface area contributed by atoms with Crippen molar-refractivity contribution in [2.45, 2.75) is 13.8 Å². The van der Waals surface area contributed by atoms with Crippen LogP contribution in [-0.4, -0.2) is 32.6 Å². The summed E-state index contributed by atoms with van der Waals surface area (Å²) < 4.78 is 3.39. The van der Waals surface area contributed by atoms with Gasteiger partial charge in [0.05, 0.1) is 11.2 Å². The molecule has 0 fully saturated rings. The molecule has 0 bridgehead atoms. The molecule has 25 heavy (non-hydrogen) atoms. The highest BCUT2D eigenvalue weighted by Gasteiger charge is 2.13. The number of phenols is 2. The number of carbonyl (C=O) groups is 2. The minimum atomic E-state index is 0.202. The second kappa shape index (κ2) is 10.1. The first-order chi connectivity index (χ1) is 11.9. The second-order valence-electron chi connectivity index (χ2n) is 4.51. The zero-order valence-electron chi connectivity index (χ0n) is 13.5. The van der Waals surface area contributed by atoms with E-state index in [1.54, 1.807) is 41.1 Å². The fourth-order valence-corrected chi connectivity index (χ4v) is 3.18. The van der Waals surface area contributed by atoms with Gasteiger partial charge in [-0.25, -0.2) is 4.68 Å². The Bertz CT molecular complexity index is 874. The molecule has 0 amide bonds. The number of benzene rings is 2. The smallest absolute Gasteiger partial charge is 0.117 e. The lowest BCUT2D eigenvalue weighted by atomic mass is 10.2. The molecule has 0 saturated carbocycles. The Morgan fingerprint density at radius 3 is 2.12 bits per heavy atom. The first kappa shape index (κ1) is 21.1. The largest absolute Gasteiger partial charge is 0.508 e. The average Bonchev–Trinajstić information content (AvgIpc) is 2.86. The standard InChI is InChI=1S/C13H8BrIN2O2.2C2H4O/c14-13-9-5-7(18)1-3-11(9)16-17(13)12-4-2-8(19)6-10(12)15;2*1-2-3/h1-6,18-19H;2*2H,1H3. The molecule has 2 N–H and O–H groups in total. The van der Waals surface area contributed by atoms with Crippen molar-refractivity contribution in [3.05, 3.63) is 44.6 Å². The van der Waals surface area contributed by atoms with Crippen molar-refractivity contribution in [1.82, 2.24) is 9.78 Å². The third-order valence-corrected chi connectivity index (χ3v) is 4.38. The van der Waals surface area contributed by atoms with Crippen LogP contribution in [0, 0.1) is 3.57 Å². The fraction of sp³-hybridized carbons (Fsp3) is 0.118. The van der Waals surface area contributed by atoms with E-state index < -0.39 is 0 Å². The molecule has 1 heterocycles. The predicted octanol–water partition coefficient (Wildman–Crippen LogP) is 4.21. The average molecular weight is 519 g/mol. The zero-order valence-corrected chi connectivity index (χ0v) is 17.2. The second-order valence-corrected chi connectivity index (χ2v) is 6.42. The van der Waals surface area contributed by atoms with Crippen molar-refractivity contribution in [3.8, 4) is 17.2 Å². The summed E-state index contributed by atoms with van der Waals surface area (Å²) in [5.74, 6) is 0.423. The van der Waals surface area contributed by atoms with Gasteiger partial charge in [0.25, 0.3) is 0 Å². The van der Waals surface area contributed by atoms with Crippen LogP contribution in [0.3, 0.4) is 0 Å². The van der Waals surface area contributed by atoms with Crippen LogP contribution < -0.4 is 0 Å². The van der Waals surface area contributed by atoms with Crippen LogP contribution >= 0.6 is 38.5 Å². The zero-order chi connectivity index (χ0) is 19.0. The van der Waals surface area contributed by atoms with Gasteiger partial charge in [-0.05, 0) is 88.8 Å². The summed E-state index contributed by atoms with van der Waals surface area (Å²) in [6, 6.07) is 10.1. The Balaban J connectivity index is 0.000000460. The summed E-state index contributed by atoms with van der Waals surface area (Å²) in [4.78, 5) is 17.6. The summed E-state index contributed by atoms with van der Waals surface area (Å²) in [5.41, 5.74) is 1.65. The molecule has 0 aliphatic heterocycles. The van der Waals surface area contributed by atoms with Crippen molar-refractivity contribution in [2.75, 3.05) is 0 Å². The first-order valence-corrected chi connectivity index (χ1v) is 8.92. The molecule has 3 aromatic rings. The van der Waals surface area contributed by atoms with Gasteiger partial charge in [0, 0.05) is 8.96 Å². The third-order valence-electron chi connectivity index (χ3n) is 2.76. The highest BCUT2D eigenvalue weighted by Crippen LogP contribution is 2.31. The van der Waals surface area contributed by atoms with E-state index in [1.807, 2.05) is 0 Å². The van der Waals surface area contributed by atoms with Gasteiger partial charge in [0.15, 0.2) is 0 Å². The van der Waals surface area contributed by atoms with Crippen molar-refractivity contribution in [2.24, 2.45) is 0 Å². The lowest BCUT2D eigenvalue weighted by molar-refractivity contribution is -0.106. The molecule has 0 spiro atoms. The van der Waals surface area contributed by atoms with Crippen LogP contribution in [0.5, 0.6) is 11.5 Å². The lowest BCUT2D eigenvalue weighted by Crippen LogP contribution is -1.98. The molecule has 132 valence electrons. The van der Waals surface area contributed by atoms with Gasteiger partial charge in [0.1, 0.15) is 28.7 Å². The van der Waals surface area contributed by atoms with E-state index in [4.69, 9.17) is 9.59 Å². The maximum Gasteiger partial charge on any atom is 0.117 e. The molecule has 0 aliphatic rings. The molecular weight excluding hydrogens is 503 g/mol. The van der Waals surface area contributed by atoms with E-state index in [1.165, 1.54) is 13.8 Å². The van der Waals surface area contributed by atoms with Gasteiger partial charge < -0.3 is 19.8 Å². The minimum absolute atomic E-state index is 0.202. The fourth-order valence-electron chi connectivity index (χ4n) is 1.87. The van der Waals surface area contributed by atoms with Crippen molar-refractivity contribution < 1.29 is 19.8 Å². The van der Waals surface area contributed by atoms with Gasteiger partial charge in [-0.15, -0.1) is 0 Å². The van der Waals surface area contributed by atoms with Crippen molar-refractivity contribution in [3.63, 3.8) is 0 Å². The van der Waals surface area contributed by atoms with Crippen LogP contribution in [0.4, 0.5) is 0 Å². The van der Waals surface area contributed by atoms with Crippen LogP contribution in [0.2, 0.25) is 0 Å². The van der Waals surface area contributed by atoms with E-state index in [2.05, 4.69) is 43.6 Å². The summed E-state index contributed by atoms with van der Waals surface area (Å²) in [6.07, 6.45) is 1.50. The van der Waals surface area contributed by atoms with E-state index in [0.29, 0.717) is 0 Å². The number of hydrogen-bond acceptors (Lipinski definition) is 5. The van der Waals surface area contributed by atoms with Crippen LogP contribution in [-0.2, 0) is 9.59 Å². The minimum Gasteiger partial charge on any atom is -0.508 e. The number of carbonyl (C=O) groups excluding carboxylic acids is 2. The number of rotatable bonds is 1. The molecule has 8 heteroatoms. The third kappa shape index (κ3) is 5.53. The Morgan fingerprint density at radius 2 is 1.56 bits per heavy atom. The number of aromatic hydroxyl groups is 2. The molecule has 1 aromatic heterocycles. The van der Waals surface area contributed by atoms with Gasteiger partial charge in [-0.1, -0.05) is 0 Å². The molecule has 3 rings (SSSR count). The Kier molecular flexibility index (Phi) is 8.56. The van der Waals surface area contributed by atoms with E-state index in [9.17, 15) is 10.2 Å². The van der Waals surface area contributed by atoms with Crippen molar-refractivity contribution >= 4 is 62.0 Å². The quantitative estimate of drug-likeness (QED) is 0.372. The number of aldehydes is 2. The van der Waals surface area contributed by atoms with Gasteiger partial charge >= 0.3 is 0 Å². The highest BCUT2D eigenvalue weighted by atomic mass is 127.